The highest BCUT2D eigenvalue weighted by atomic mass is 32.2. The van der Waals surface area contributed by atoms with Crippen molar-refractivity contribution in [2.24, 2.45) is 0 Å². The Morgan fingerprint density at radius 2 is 2.00 bits per heavy atom. The van der Waals surface area contributed by atoms with Crippen LogP contribution in [0.5, 0.6) is 0 Å². The van der Waals surface area contributed by atoms with Crippen LogP contribution in [-0.4, -0.2) is 23.5 Å². The number of hydrogen-bond donors (Lipinski definition) is 2. The second-order valence-corrected chi connectivity index (χ2v) is 6.34. The summed E-state index contributed by atoms with van der Waals surface area (Å²) in [6.07, 6.45) is 0. The third-order valence-corrected chi connectivity index (χ3v) is 4.21. The van der Waals surface area contributed by atoms with Crippen molar-refractivity contribution in [3.63, 3.8) is 0 Å². The van der Waals surface area contributed by atoms with Crippen molar-refractivity contribution >= 4 is 21.5 Å². The highest BCUT2D eigenvalue weighted by Gasteiger charge is 2.25. The Labute approximate surface area is 121 Å². The Balaban J connectivity index is 2.36. The number of para-hydroxylation sites is 1. The number of nitro benzene ring substituents is 1. The van der Waals surface area contributed by atoms with Gasteiger partial charge in [-0.15, -0.1) is 0 Å². The molecule has 2 rings (SSSR count). The lowest BCUT2D eigenvalue weighted by molar-refractivity contribution is -0.387. The zero-order valence-corrected chi connectivity index (χ0v) is 12.2. The van der Waals surface area contributed by atoms with Gasteiger partial charge in [0.25, 0.3) is 15.7 Å². The first-order valence-electron chi connectivity index (χ1n) is 6.13. The van der Waals surface area contributed by atoms with Gasteiger partial charge in [0.1, 0.15) is 0 Å². The summed E-state index contributed by atoms with van der Waals surface area (Å²) in [6.45, 7) is 3.85. The van der Waals surface area contributed by atoms with E-state index in [-0.39, 0.29) is 11.7 Å². The summed E-state index contributed by atoms with van der Waals surface area (Å²) in [5, 5.41) is 17.4. The average Bonchev–Trinajstić information content (AvgIpc) is 2.86. The van der Waals surface area contributed by atoms with E-state index in [1.54, 1.807) is 6.07 Å². The molecule has 0 aliphatic carbocycles. The molecule has 1 aromatic heterocycles. The number of H-pyrrole nitrogens is 1. The summed E-state index contributed by atoms with van der Waals surface area (Å²) >= 11 is 0. The summed E-state index contributed by atoms with van der Waals surface area (Å²) in [5.41, 5.74) is 0.278. The van der Waals surface area contributed by atoms with Crippen molar-refractivity contribution in [3.8, 4) is 0 Å². The Morgan fingerprint density at radius 3 is 2.57 bits per heavy atom. The predicted octanol–water partition coefficient (Wildman–Crippen LogP) is 2.24. The van der Waals surface area contributed by atoms with E-state index in [0.29, 0.717) is 0 Å². The van der Waals surface area contributed by atoms with Crippen LogP contribution in [0.4, 0.5) is 11.5 Å². The molecular weight excluding hydrogens is 296 g/mol. The van der Waals surface area contributed by atoms with Gasteiger partial charge in [0, 0.05) is 17.8 Å². The zero-order valence-electron chi connectivity index (χ0n) is 11.4. The molecule has 0 unspecified atom stereocenters. The third kappa shape index (κ3) is 3.19. The van der Waals surface area contributed by atoms with Crippen LogP contribution in [0.15, 0.2) is 35.2 Å². The van der Waals surface area contributed by atoms with Crippen LogP contribution in [-0.2, 0) is 10.0 Å². The first kappa shape index (κ1) is 15.0. The number of anilines is 1. The highest BCUT2D eigenvalue weighted by Crippen LogP contribution is 2.25. The molecular formula is C12H14N4O4S. The molecule has 112 valence electrons. The van der Waals surface area contributed by atoms with Crippen LogP contribution in [0.2, 0.25) is 0 Å². The Hall–Kier alpha value is -2.42. The quantitative estimate of drug-likeness (QED) is 0.648. The minimum atomic E-state index is -4.08. The third-order valence-electron chi connectivity index (χ3n) is 2.81. The molecule has 0 atom stereocenters. The van der Waals surface area contributed by atoms with E-state index in [4.69, 9.17) is 0 Å². The van der Waals surface area contributed by atoms with E-state index in [0.717, 1.165) is 11.8 Å². The Bertz CT molecular complexity index is 767. The SMILES string of the molecule is CC(C)c1cc(NS(=O)(=O)c2ccccc2[N+](=O)[O-])n[nH]1. The van der Waals surface area contributed by atoms with Gasteiger partial charge >= 0.3 is 0 Å². The Kier molecular flexibility index (Phi) is 3.94. The molecule has 0 aliphatic rings. The number of nitro groups is 1. The lowest BCUT2D eigenvalue weighted by Gasteiger charge is -2.05. The molecule has 8 nitrogen and oxygen atoms in total. The molecule has 0 bridgehead atoms. The molecule has 0 spiro atoms. The van der Waals surface area contributed by atoms with Gasteiger partial charge in [-0.1, -0.05) is 26.0 Å². The minimum absolute atomic E-state index is 0.0943. The van der Waals surface area contributed by atoms with Crippen LogP contribution < -0.4 is 4.72 Å². The summed E-state index contributed by atoms with van der Waals surface area (Å²) < 4.78 is 26.7. The summed E-state index contributed by atoms with van der Waals surface area (Å²) in [4.78, 5) is 9.77. The number of nitrogens with zero attached hydrogens (tertiary/aromatic N) is 2. The van der Waals surface area contributed by atoms with E-state index < -0.39 is 25.5 Å². The van der Waals surface area contributed by atoms with Crippen molar-refractivity contribution in [2.45, 2.75) is 24.7 Å². The molecule has 21 heavy (non-hydrogen) atoms. The van der Waals surface area contributed by atoms with E-state index in [9.17, 15) is 18.5 Å². The monoisotopic (exact) mass is 310 g/mol. The molecule has 0 aliphatic heterocycles. The first-order valence-corrected chi connectivity index (χ1v) is 7.61. The standard InChI is InChI=1S/C12H14N4O4S/c1-8(2)9-7-12(14-13-9)15-21(19,20)11-6-4-3-5-10(11)16(17)18/h3-8H,1-2H3,(H2,13,14,15). The number of hydrogen-bond acceptors (Lipinski definition) is 5. The Morgan fingerprint density at radius 1 is 1.33 bits per heavy atom. The smallest absolute Gasteiger partial charge is 0.280 e. The normalized spacial score (nSPS) is 11.6. The minimum Gasteiger partial charge on any atom is -0.280 e. The van der Waals surface area contributed by atoms with Crippen molar-refractivity contribution in [2.75, 3.05) is 4.72 Å². The zero-order chi connectivity index (χ0) is 15.6. The van der Waals surface area contributed by atoms with Gasteiger partial charge in [-0.3, -0.25) is 19.9 Å². The van der Waals surface area contributed by atoms with Crippen molar-refractivity contribution in [3.05, 3.63) is 46.1 Å². The molecule has 0 fully saturated rings. The maximum absolute atomic E-state index is 12.2. The molecule has 0 saturated heterocycles. The van der Waals surface area contributed by atoms with Crippen molar-refractivity contribution in [1.29, 1.82) is 0 Å². The van der Waals surface area contributed by atoms with Gasteiger partial charge in [-0.25, -0.2) is 8.42 Å². The summed E-state index contributed by atoms with van der Waals surface area (Å²) in [6, 6.07) is 6.69. The topological polar surface area (TPSA) is 118 Å². The predicted molar refractivity (Wildman–Crippen MR) is 76.6 cm³/mol. The van der Waals surface area contributed by atoms with Gasteiger partial charge in [0.05, 0.1) is 4.92 Å². The van der Waals surface area contributed by atoms with Gasteiger partial charge in [-0.05, 0) is 12.0 Å². The number of rotatable bonds is 5. The van der Waals surface area contributed by atoms with Gasteiger partial charge in [-0.2, -0.15) is 5.10 Å². The maximum atomic E-state index is 12.2. The van der Waals surface area contributed by atoms with Gasteiger partial charge < -0.3 is 0 Å². The largest absolute Gasteiger partial charge is 0.289 e. The molecule has 9 heteroatoms. The lowest BCUT2D eigenvalue weighted by atomic mass is 10.1. The van der Waals surface area contributed by atoms with E-state index >= 15 is 0 Å². The van der Waals surface area contributed by atoms with Crippen LogP contribution >= 0.6 is 0 Å². The van der Waals surface area contributed by atoms with E-state index in [2.05, 4.69) is 14.9 Å². The molecule has 2 aromatic rings. The fraction of sp³-hybridized carbons (Fsp3) is 0.250. The van der Waals surface area contributed by atoms with Crippen LogP contribution in [0.25, 0.3) is 0 Å². The van der Waals surface area contributed by atoms with E-state index in [1.807, 2.05) is 13.8 Å². The molecule has 2 N–H and O–H groups in total. The summed E-state index contributed by atoms with van der Waals surface area (Å²) in [5.74, 6) is 0.249. The number of aromatic nitrogens is 2. The van der Waals surface area contributed by atoms with Crippen LogP contribution in [0.3, 0.4) is 0 Å². The number of nitrogens with one attached hydrogen (secondary N) is 2. The number of sulfonamides is 1. The number of aromatic amines is 1. The fourth-order valence-corrected chi connectivity index (χ4v) is 2.88. The maximum Gasteiger partial charge on any atom is 0.289 e. The number of benzene rings is 1. The van der Waals surface area contributed by atoms with E-state index in [1.165, 1.54) is 18.2 Å². The second-order valence-electron chi connectivity index (χ2n) is 4.69. The van der Waals surface area contributed by atoms with Crippen molar-refractivity contribution < 1.29 is 13.3 Å². The molecule has 1 heterocycles. The molecule has 0 radical (unpaired) electrons. The van der Waals surface area contributed by atoms with Gasteiger partial charge in [0.15, 0.2) is 10.7 Å². The summed E-state index contributed by atoms with van der Waals surface area (Å²) in [7, 11) is -4.08. The van der Waals surface area contributed by atoms with Crippen LogP contribution in [0, 0.1) is 10.1 Å². The van der Waals surface area contributed by atoms with Gasteiger partial charge in [0.2, 0.25) is 0 Å². The fourth-order valence-electron chi connectivity index (χ4n) is 1.71. The molecule has 0 saturated carbocycles. The van der Waals surface area contributed by atoms with Crippen molar-refractivity contribution in [1.82, 2.24) is 10.2 Å². The lowest BCUT2D eigenvalue weighted by Crippen LogP contribution is -2.14. The van der Waals surface area contributed by atoms with Crippen LogP contribution in [0.1, 0.15) is 25.5 Å². The highest BCUT2D eigenvalue weighted by molar-refractivity contribution is 7.92. The molecule has 0 amide bonds. The first-order chi connectivity index (χ1) is 9.81. The molecule has 1 aromatic carbocycles. The second kappa shape index (κ2) is 5.52. The average molecular weight is 310 g/mol.